The van der Waals surface area contributed by atoms with E-state index in [1.165, 1.54) is 24.2 Å². The van der Waals surface area contributed by atoms with E-state index in [0.29, 0.717) is 34.9 Å². The SMILES string of the molecule is O=C(NCCN1CCCC1)c1c(=O)c2cnc(NCCN3CCOCC3)nc2n2c1sc1ccccc12. The van der Waals surface area contributed by atoms with Gasteiger partial charge in [-0.25, -0.2) is 4.98 Å². The Hall–Kier alpha value is -3.12. The summed E-state index contributed by atoms with van der Waals surface area (Å²) in [4.78, 5) is 41.4. The molecule has 0 spiro atoms. The number of pyridine rings is 1. The second-order valence-corrected chi connectivity index (χ2v) is 10.6. The van der Waals surface area contributed by atoms with Crippen molar-refractivity contribution in [2.24, 2.45) is 0 Å². The van der Waals surface area contributed by atoms with Gasteiger partial charge >= 0.3 is 0 Å². The first-order valence-corrected chi connectivity index (χ1v) is 13.8. The molecule has 0 aliphatic carbocycles. The van der Waals surface area contributed by atoms with E-state index in [0.717, 1.165) is 62.7 Å². The van der Waals surface area contributed by atoms with E-state index in [9.17, 15) is 9.59 Å². The predicted molar refractivity (Wildman–Crippen MR) is 146 cm³/mol. The van der Waals surface area contributed by atoms with Gasteiger partial charge < -0.3 is 20.3 Å². The van der Waals surface area contributed by atoms with Gasteiger partial charge in [-0.3, -0.25) is 18.9 Å². The van der Waals surface area contributed by atoms with Crippen LogP contribution in [0.25, 0.3) is 26.1 Å². The van der Waals surface area contributed by atoms with Crippen molar-refractivity contribution >= 4 is 49.3 Å². The van der Waals surface area contributed by atoms with Crippen molar-refractivity contribution in [3.8, 4) is 0 Å². The lowest BCUT2D eigenvalue weighted by molar-refractivity contribution is 0.0398. The molecule has 4 aromatic rings. The Balaban J connectivity index is 1.33. The number of nitrogens with zero attached hydrogens (tertiary/aromatic N) is 5. The van der Waals surface area contributed by atoms with Crippen molar-refractivity contribution in [1.29, 1.82) is 0 Å². The summed E-state index contributed by atoms with van der Waals surface area (Å²) in [5, 5.41) is 6.62. The first-order chi connectivity index (χ1) is 18.2. The van der Waals surface area contributed by atoms with Crippen LogP contribution in [0, 0.1) is 0 Å². The van der Waals surface area contributed by atoms with Crippen LogP contribution in [0.2, 0.25) is 0 Å². The van der Waals surface area contributed by atoms with Gasteiger partial charge in [-0.2, -0.15) is 4.98 Å². The molecule has 3 aromatic heterocycles. The largest absolute Gasteiger partial charge is 0.379 e. The molecule has 0 bridgehead atoms. The highest BCUT2D eigenvalue weighted by Gasteiger charge is 2.23. The highest BCUT2D eigenvalue weighted by atomic mass is 32.1. The van der Waals surface area contributed by atoms with Crippen LogP contribution < -0.4 is 16.1 Å². The lowest BCUT2D eigenvalue weighted by atomic mass is 10.2. The van der Waals surface area contributed by atoms with Gasteiger partial charge in [0.1, 0.15) is 10.4 Å². The molecule has 2 aliphatic heterocycles. The fraction of sp³-hybridized carbons (Fsp3) is 0.462. The smallest absolute Gasteiger partial charge is 0.258 e. The van der Waals surface area contributed by atoms with Crippen molar-refractivity contribution in [1.82, 2.24) is 29.5 Å². The number of hydrogen-bond donors (Lipinski definition) is 2. The second-order valence-electron chi connectivity index (χ2n) is 9.53. The molecule has 194 valence electrons. The third kappa shape index (κ3) is 4.91. The number of para-hydroxylation sites is 1. The van der Waals surface area contributed by atoms with Crippen LogP contribution in [-0.4, -0.2) is 95.6 Å². The van der Waals surface area contributed by atoms with Crippen LogP contribution in [0.1, 0.15) is 23.2 Å². The Kier molecular flexibility index (Phi) is 7.01. The maximum atomic E-state index is 13.6. The molecule has 2 fully saturated rings. The monoisotopic (exact) mass is 521 g/mol. The van der Waals surface area contributed by atoms with Crippen LogP contribution in [-0.2, 0) is 4.74 Å². The maximum Gasteiger partial charge on any atom is 0.258 e. The summed E-state index contributed by atoms with van der Waals surface area (Å²) in [6, 6.07) is 7.91. The molecule has 0 atom stereocenters. The molecule has 0 radical (unpaired) electrons. The number of carbonyl (C=O) groups is 1. The third-order valence-corrected chi connectivity index (χ3v) is 8.28. The molecule has 0 saturated carbocycles. The van der Waals surface area contributed by atoms with E-state index in [1.807, 2.05) is 28.7 Å². The number of morpholine rings is 1. The summed E-state index contributed by atoms with van der Waals surface area (Å²) < 4.78 is 8.33. The number of fused-ring (bicyclic) bond motifs is 5. The highest BCUT2D eigenvalue weighted by Crippen LogP contribution is 2.30. The molecule has 37 heavy (non-hydrogen) atoms. The van der Waals surface area contributed by atoms with E-state index in [-0.39, 0.29) is 16.9 Å². The Morgan fingerprint density at radius 3 is 2.62 bits per heavy atom. The van der Waals surface area contributed by atoms with E-state index in [1.54, 1.807) is 6.20 Å². The van der Waals surface area contributed by atoms with Crippen LogP contribution in [0.4, 0.5) is 5.95 Å². The predicted octanol–water partition coefficient (Wildman–Crippen LogP) is 2.03. The molecule has 2 aliphatic rings. The number of likely N-dealkylation sites (tertiary alicyclic amines) is 1. The average Bonchev–Trinajstić information content (AvgIpc) is 3.57. The number of nitrogens with one attached hydrogen (secondary N) is 2. The fourth-order valence-electron chi connectivity index (χ4n) is 5.15. The molecule has 1 aromatic carbocycles. The molecular formula is C26H31N7O3S. The van der Waals surface area contributed by atoms with Gasteiger partial charge in [-0.15, -0.1) is 11.3 Å². The quantitative estimate of drug-likeness (QED) is 0.363. The Morgan fingerprint density at radius 2 is 1.78 bits per heavy atom. The van der Waals surface area contributed by atoms with Gasteiger partial charge in [0.15, 0.2) is 5.65 Å². The van der Waals surface area contributed by atoms with Gasteiger partial charge in [-0.1, -0.05) is 12.1 Å². The van der Waals surface area contributed by atoms with Crippen molar-refractivity contribution in [3.63, 3.8) is 0 Å². The molecule has 2 N–H and O–H groups in total. The molecular weight excluding hydrogens is 490 g/mol. The van der Waals surface area contributed by atoms with E-state index >= 15 is 0 Å². The third-order valence-electron chi connectivity index (χ3n) is 7.14. The summed E-state index contributed by atoms with van der Waals surface area (Å²) in [7, 11) is 0. The average molecular weight is 522 g/mol. The number of thiazole rings is 1. The zero-order chi connectivity index (χ0) is 25.2. The minimum Gasteiger partial charge on any atom is -0.379 e. The summed E-state index contributed by atoms with van der Waals surface area (Å²) >= 11 is 1.44. The van der Waals surface area contributed by atoms with Crippen molar-refractivity contribution < 1.29 is 9.53 Å². The lowest BCUT2D eigenvalue weighted by Gasteiger charge is -2.26. The summed E-state index contributed by atoms with van der Waals surface area (Å²) in [5.74, 6) is 0.120. The van der Waals surface area contributed by atoms with Crippen LogP contribution in [0.3, 0.4) is 0 Å². The highest BCUT2D eigenvalue weighted by molar-refractivity contribution is 7.24. The van der Waals surface area contributed by atoms with Crippen molar-refractivity contribution in [2.45, 2.75) is 12.8 Å². The number of benzene rings is 1. The molecule has 10 nitrogen and oxygen atoms in total. The molecule has 6 rings (SSSR count). The molecule has 0 unspecified atom stereocenters. The standard InChI is InChI=1S/C26H31N7O3S/c34-22-18-17-29-26(28-8-12-32-13-15-36-16-14-32)30-23(18)33-19-5-1-2-6-20(19)37-25(33)21(22)24(35)27-7-11-31-9-3-4-10-31/h1-2,5-6,17H,3-4,7-16H2,(H,27,35)(H,28,29,30). The molecule has 2 saturated heterocycles. The van der Waals surface area contributed by atoms with E-state index < -0.39 is 0 Å². The second kappa shape index (κ2) is 10.7. The summed E-state index contributed by atoms with van der Waals surface area (Å²) in [6.07, 6.45) is 3.94. The van der Waals surface area contributed by atoms with Crippen LogP contribution in [0.15, 0.2) is 35.3 Å². The Morgan fingerprint density at radius 1 is 1.03 bits per heavy atom. The number of rotatable bonds is 8. The van der Waals surface area contributed by atoms with Gasteiger partial charge in [0.05, 0.1) is 28.8 Å². The summed E-state index contributed by atoms with van der Waals surface area (Å²) in [6.45, 7) is 8.32. The first-order valence-electron chi connectivity index (χ1n) is 13.0. The van der Waals surface area contributed by atoms with Crippen LogP contribution >= 0.6 is 11.3 Å². The number of aromatic nitrogens is 3. The zero-order valence-corrected chi connectivity index (χ0v) is 21.6. The fourth-order valence-corrected chi connectivity index (χ4v) is 6.34. The van der Waals surface area contributed by atoms with Gasteiger partial charge in [0.2, 0.25) is 11.4 Å². The number of ether oxygens (including phenoxy) is 1. The molecule has 11 heteroatoms. The number of anilines is 1. The number of hydrogen-bond acceptors (Lipinski definition) is 9. The lowest BCUT2D eigenvalue weighted by Crippen LogP contribution is -2.39. The van der Waals surface area contributed by atoms with Crippen molar-refractivity contribution in [2.75, 3.05) is 70.9 Å². The topological polar surface area (TPSA) is 104 Å². The van der Waals surface area contributed by atoms with E-state index in [2.05, 4.69) is 25.4 Å². The normalized spacial score (nSPS) is 17.2. The zero-order valence-electron chi connectivity index (χ0n) is 20.7. The number of carbonyl (C=O) groups excluding carboxylic acids is 1. The molecule has 1 amide bonds. The minimum atomic E-state index is -0.345. The van der Waals surface area contributed by atoms with Gasteiger partial charge in [-0.05, 0) is 38.1 Å². The van der Waals surface area contributed by atoms with E-state index in [4.69, 9.17) is 9.72 Å². The van der Waals surface area contributed by atoms with Crippen LogP contribution in [0.5, 0.6) is 0 Å². The van der Waals surface area contributed by atoms with Gasteiger partial charge in [0.25, 0.3) is 5.91 Å². The maximum absolute atomic E-state index is 13.6. The molecule has 5 heterocycles. The Labute approximate surface area is 218 Å². The summed E-state index contributed by atoms with van der Waals surface area (Å²) in [5.41, 5.74) is 1.25. The first kappa shape index (κ1) is 24.2. The Bertz CT molecular complexity index is 1490. The minimum absolute atomic E-state index is 0.159. The van der Waals surface area contributed by atoms with Gasteiger partial charge in [0, 0.05) is 45.5 Å². The number of amides is 1. The van der Waals surface area contributed by atoms with Crippen molar-refractivity contribution in [3.05, 3.63) is 46.2 Å².